The van der Waals surface area contributed by atoms with Gasteiger partial charge in [-0.15, -0.1) is 11.3 Å². The lowest BCUT2D eigenvalue weighted by Gasteiger charge is -2.26. The van der Waals surface area contributed by atoms with E-state index in [0.717, 1.165) is 17.6 Å². The Balaban J connectivity index is 1.38. The monoisotopic (exact) mass is 485 g/mol. The largest absolute Gasteiger partial charge is 0.375 e. The number of thiophene rings is 1. The van der Waals surface area contributed by atoms with E-state index in [0.29, 0.717) is 6.61 Å². The lowest BCUT2D eigenvalue weighted by Crippen LogP contribution is -2.32. The molecule has 0 radical (unpaired) electrons. The van der Waals surface area contributed by atoms with Crippen molar-refractivity contribution < 1.29 is 4.74 Å². The number of halogens is 1. The molecule has 1 aromatic heterocycles. The number of hydrogen-bond acceptors (Lipinski definition) is 4. The van der Waals surface area contributed by atoms with Crippen LogP contribution in [0.2, 0.25) is 0 Å². The lowest BCUT2D eigenvalue weighted by atomic mass is 10.0. The molecule has 2 nitrogen and oxygen atoms in total. The fourth-order valence-electron chi connectivity index (χ4n) is 4.13. The zero-order chi connectivity index (χ0) is 19.6. The average Bonchev–Trinajstić information content (AvgIpc) is 3.11. The highest BCUT2D eigenvalue weighted by molar-refractivity contribution is 9.10. The molecule has 0 saturated carbocycles. The summed E-state index contributed by atoms with van der Waals surface area (Å²) in [6.45, 7) is 5.04. The van der Waals surface area contributed by atoms with E-state index >= 15 is 0 Å². The van der Waals surface area contributed by atoms with Gasteiger partial charge in [0.25, 0.3) is 0 Å². The standard InChI is InChI=1S/C24H24BrNOS2/c25-17-8-9-20-23(14-17)29-22-7-3-2-6-19(22)21-15-18(28-24(20)21)16-27-13-12-26-10-4-1-5-11-26/h2-3,6-9,14-15H,1,4-5,10-13,16H2. The van der Waals surface area contributed by atoms with Gasteiger partial charge in [0.2, 0.25) is 0 Å². The number of fused-ring (bicyclic) bond motifs is 5. The van der Waals surface area contributed by atoms with Gasteiger partial charge in [0.05, 0.1) is 13.2 Å². The van der Waals surface area contributed by atoms with E-state index in [4.69, 9.17) is 4.74 Å². The number of nitrogens with zero attached hydrogens (tertiary/aromatic N) is 1. The van der Waals surface area contributed by atoms with Gasteiger partial charge in [-0.05, 0) is 55.8 Å². The molecule has 0 N–H and O–H groups in total. The van der Waals surface area contributed by atoms with Gasteiger partial charge in [0, 0.05) is 41.7 Å². The average molecular weight is 487 g/mol. The normalized spacial score (nSPS) is 16.0. The van der Waals surface area contributed by atoms with Gasteiger partial charge in [-0.25, -0.2) is 0 Å². The van der Waals surface area contributed by atoms with Crippen LogP contribution in [0.1, 0.15) is 24.1 Å². The van der Waals surface area contributed by atoms with E-state index in [-0.39, 0.29) is 0 Å². The second-order valence-corrected chi connectivity index (χ2v) is 10.8. The van der Waals surface area contributed by atoms with Crippen molar-refractivity contribution in [2.75, 3.05) is 26.2 Å². The molecule has 3 aromatic rings. The predicted molar refractivity (Wildman–Crippen MR) is 127 cm³/mol. The molecule has 0 aliphatic carbocycles. The Morgan fingerprint density at radius 2 is 1.76 bits per heavy atom. The Morgan fingerprint density at radius 1 is 0.897 bits per heavy atom. The first-order chi connectivity index (χ1) is 14.3. The van der Waals surface area contributed by atoms with Gasteiger partial charge in [-0.2, -0.15) is 0 Å². The molecule has 0 bridgehead atoms. The first-order valence-corrected chi connectivity index (χ1v) is 12.7. The highest BCUT2D eigenvalue weighted by Gasteiger charge is 2.22. The first kappa shape index (κ1) is 19.8. The van der Waals surface area contributed by atoms with Crippen LogP contribution >= 0.6 is 39.0 Å². The summed E-state index contributed by atoms with van der Waals surface area (Å²) < 4.78 is 7.21. The van der Waals surface area contributed by atoms with Crippen LogP contribution in [0.3, 0.4) is 0 Å². The number of rotatable bonds is 5. The van der Waals surface area contributed by atoms with Crippen LogP contribution in [0.15, 0.2) is 62.8 Å². The summed E-state index contributed by atoms with van der Waals surface area (Å²) in [4.78, 5) is 7.84. The summed E-state index contributed by atoms with van der Waals surface area (Å²) in [5.41, 5.74) is 4.00. The molecule has 3 heterocycles. The quantitative estimate of drug-likeness (QED) is 0.275. The molecule has 5 rings (SSSR count). The molecule has 1 saturated heterocycles. The minimum absolute atomic E-state index is 0.701. The van der Waals surface area contributed by atoms with Crippen LogP contribution in [0.25, 0.3) is 21.6 Å². The third-order valence-corrected chi connectivity index (χ3v) is 8.38. The number of benzene rings is 2. The van der Waals surface area contributed by atoms with Crippen molar-refractivity contribution in [3.63, 3.8) is 0 Å². The molecule has 5 heteroatoms. The molecule has 0 spiro atoms. The second kappa shape index (κ2) is 8.94. The highest BCUT2D eigenvalue weighted by Crippen LogP contribution is 2.51. The molecule has 0 atom stereocenters. The van der Waals surface area contributed by atoms with Crippen molar-refractivity contribution in [3.8, 4) is 21.6 Å². The summed E-state index contributed by atoms with van der Waals surface area (Å²) in [5.74, 6) is 0. The van der Waals surface area contributed by atoms with Crippen molar-refractivity contribution >= 4 is 39.0 Å². The maximum Gasteiger partial charge on any atom is 0.0810 e. The molecular formula is C24H24BrNOS2. The SMILES string of the molecule is Brc1ccc2c(c1)Sc1ccccc1-c1cc(COCCN3CCCCC3)sc1-2. The summed E-state index contributed by atoms with van der Waals surface area (Å²) in [7, 11) is 0. The highest BCUT2D eigenvalue weighted by atomic mass is 79.9. The number of likely N-dealkylation sites (tertiary alicyclic amines) is 1. The zero-order valence-electron chi connectivity index (χ0n) is 16.3. The van der Waals surface area contributed by atoms with Gasteiger partial charge in [-0.3, -0.25) is 0 Å². The van der Waals surface area contributed by atoms with E-state index in [1.54, 1.807) is 0 Å². The van der Waals surface area contributed by atoms with Crippen molar-refractivity contribution in [1.82, 2.24) is 4.90 Å². The molecule has 1 fully saturated rings. The summed E-state index contributed by atoms with van der Waals surface area (Å²) in [5, 5.41) is 0. The molecule has 0 unspecified atom stereocenters. The van der Waals surface area contributed by atoms with E-state index in [1.807, 2.05) is 23.1 Å². The van der Waals surface area contributed by atoms with Crippen molar-refractivity contribution in [3.05, 3.63) is 57.9 Å². The zero-order valence-corrected chi connectivity index (χ0v) is 19.5. The number of ether oxygens (including phenoxy) is 1. The predicted octanol–water partition coefficient (Wildman–Crippen LogP) is 7.31. The molecule has 150 valence electrons. The molecule has 29 heavy (non-hydrogen) atoms. The number of hydrogen-bond donors (Lipinski definition) is 0. The van der Waals surface area contributed by atoms with Crippen LogP contribution in [-0.2, 0) is 11.3 Å². The second-order valence-electron chi connectivity index (χ2n) is 7.65. The summed E-state index contributed by atoms with van der Waals surface area (Å²) in [6, 6.07) is 17.7. The van der Waals surface area contributed by atoms with Crippen molar-refractivity contribution in [2.24, 2.45) is 0 Å². The molecule has 0 amide bonds. The minimum atomic E-state index is 0.701. The van der Waals surface area contributed by atoms with Crippen molar-refractivity contribution in [1.29, 1.82) is 0 Å². The van der Waals surface area contributed by atoms with Crippen molar-refractivity contribution in [2.45, 2.75) is 35.7 Å². The van der Waals surface area contributed by atoms with Crippen LogP contribution in [-0.4, -0.2) is 31.1 Å². The van der Waals surface area contributed by atoms with E-state index < -0.39 is 0 Å². The first-order valence-electron chi connectivity index (χ1n) is 10.3. The number of piperidine rings is 1. The maximum atomic E-state index is 6.08. The van der Waals surface area contributed by atoms with Crippen LogP contribution in [0, 0.1) is 0 Å². The Labute approximate surface area is 189 Å². The molecule has 2 aliphatic heterocycles. The molecule has 2 aromatic carbocycles. The van der Waals surface area contributed by atoms with E-state index in [2.05, 4.69) is 69.4 Å². The Bertz CT molecular complexity index is 1010. The molecule has 2 aliphatic rings. The van der Waals surface area contributed by atoms with Crippen LogP contribution in [0.4, 0.5) is 0 Å². The van der Waals surface area contributed by atoms with Gasteiger partial charge < -0.3 is 9.64 Å². The van der Waals surface area contributed by atoms with E-state index in [9.17, 15) is 0 Å². The minimum Gasteiger partial charge on any atom is -0.375 e. The Kier molecular flexibility index (Phi) is 6.12. The van der Waals surface area contributed by atoms with E-state index in [1.165, 1.54) is 68.6 Å². The molecular weight excluding hydrogens is 462 g/mol. The third-order valence-electron chi connectivity index (χ3n) is 5.61. The van der Waals surface area contributed by atoms with Gasteiger partial charge in [-0.1, -0.05) is 58.4 Å². The fraction of sp³-hybridized carbons (Fsp3) is 0.333. The smallest absolute Gasteiger partial charge is 0.0810 e. The lowest BCUT2D eigenvalue weighted by molar-refractivity contribution is 0.0878. The Hall–Kier alpha value is -1.11. The van der Waals surface area contributed by atoms with Gasteiger partial charge >= 0.3 is 0 Å². The maximum absolute atomic E-state index is 6.08. The summed E-state index contributed by atoms with van der Waals surface area (Å²) in [6.07, 6.45) is 4.06. The Morgan fingerprint density at radius 3 is 2.66 bits per heavy atom. The topological polar surface area (TPSA) is 12.5 Å². The fourth-order valence-corrected chi connectivity index (χ4v) is 6.99. The van der Waals surface area contributed by atoms with Crippen LogP contribution < -0.4 is 0 Å². The van der Waals surface area contributed by atoms with Crippen LogP contribution in [0.5, 0.6) is 0 Å². The third kappa shape index (κ3) is 4.35. The van der Waals surface area contributed by atoms with Gasteiger partial charge in [0.15, 0.2) is 0 Å². The summed E-state index contributed by atoms with van der Waals surface area (Å²) >= 11 is 7.38. The van der Waals surface area contributed by atoms with Gasteiger partial charge in [0.1, 0.15) is 0 Å².